The Labute approximate surface area is 68.9 Å². The SMILES string of the molecule is C1=CC[C@@H](CNC2CC2)CC1. The summed E-state index contributed by atoms with van der Waals surface area (Å²) in [5, 5.41) is 3.59. The van der Waals surface area contributed by atoms with E-state index in [4.69, 9.17) is 0 Å². The van der Waals surface area contributed by atoms with E-state index < -0.39 is 0 Å². The molecule has 0 aliphatic heterocycles. The summed E-state index contributed by atoms with van der Waals surface area (Å²) in [5.41, 5.74) is 0. The summed E-state index contributed by atoms with van der Waals surface area (Å²) in [6.45, 7) is 1.26. The van der Waals surface area contributed by atoms with Crippen molar-refractivity contribution >= 4 is 0 Å². The van der Waals surface area contributed by atoms with Gasteiger partial charge in [-0.15, -0.1) is 0 Å². The fourth-order valence-electron chi connectivity index (χ4n) is 1.66. The first-order chi connectivity index (χ1) is 5.45. The number of hydrogen-bond donors (Lipinski definition) is 1. The van der Waals surface area contributed by atoms with Crippen molar-refractivity contribution < 1.29 is 0 Å². The van der Waals surface area contributed by atoms with Crippen LogP contribution in [0.15, 0.2) is 12.2 Å². The van der Waals surface area contributed by atoms with Gasteiger partial charge >= 0.3 is 0 Å². The molecule has 0 bridgehead atoms. The summed E-state index contributed by atoms with van der Waals surface area (Å²) in [7, 11) is 0. The molecule has 1 N–H and O–H groups in total. The van der Waals surface area contributed by atoms with E-state index in [1.54, 1.807) is 0 Å². The van der Waals surface area contributed by atoms with Gasteiger partial charge in [0.1, 0.15) is 0 Å². The van der Waals surface area contributed by atoms with Crippen LogP contribution in [0, 0.1) is 5.92 Å². The molecule has 0 aromatic heterocycles. The third-order valence-corrected chi connectivity index (χ3v) is 2.65. The fourth-order valence-corrected chi connectivity index (χ4v) is 1.66. The van der Waals surface area contributed by atoms with Crippen LogP contribution in [0.4, 0.5) is 0 Å². The molecular formula is C10H17N. The Morgan fingerprint density at radius 1 is 1.18 bits per heavy atom. The molecule has 0 aromatic carbocycles. The van der Waals surface area contributed by atoms with Gasteiger partial charge in [-0.3, -0.25) is 0 Å². The number of allylic oxidation sites excluding steroid dienone is 2. The standard InChI is InChI=1S/C10H17N/c1-2-4-9(5-3-1)8-11-10-6-7-10/h1-2,9-11H,3-8H2/t9-/m1/s1. The van der Waals surface area contributed by atoms with E-state index >= 15 is 0 Å². The van der Waals surface area contributed by atoms with Crippen molar-refractivity contribution in [2.75, 3.05) is 6.54 Å². The Kier molecular flexibility index (Phi) is 2.27. The van der Waals surface area contributed by atoms with Crippen LogP contribution in [0.3, 0.4) is 0 Å². The minimum absolute atomic E-state index is 0.890. The molecule has 1 fully saturated rings. The highest BCUT2D eigenvalue weighted by molar-refractivity contribution is 4.91. The predicted molar refractivity (Wildman–Crippen MR) is 47.5 cm³/mol. The molecule has 2 aliphatic rings. The first kappa shape index (κ1) is 7.35. The molecule has 1 saturated carbocycles. The lowest BCUT2D eigenvalue weighted by Gasteiger charge is -2.17. The first-order valence-corrected chi connectivity index (χ1v) is 4.83. The van der Waals surface area contributed by atoms with Crippen molar-refractivity contribution in [1.82, 2.24) is 5.32 Å². The molecule has 0 saturated heterocycles. The molecule has 2 rings (SSSR count). The summed E-state index contributed by atoms with van der Waals surface area (Å²) in [4.78, 5) is 0. The maximum atomic E-state index is 3.59. The second kappa shape index (κ2) is 3.40. The molecule has 11 heavy (non-hydrogen) atoms. The lowest BCUT2D eigenvalue weighted by molar-refractivity contribution is 0.439. The zero-order valence-corrected chi connectivity index (χ0v) is 7.05. The summed E-state index contributed by atoms with van der Waals surface area (Å²) in [6.07, 6.45) is 11.5. The van der Waals surface area contributed by atoms with Gasteiger partial charge in [-0.05, 0) is 44.6 Å². The monoisotopic (exact) mass is 151 g/mol. The van der Waals surface area contributed by atoms with Crippen LogP contribution in [-0.2, 0) is 0 Å². The van der Waals surface area contributed by atoms with Crippen molar-refractivity contribution in [2.45, 2.75) is 38.1 Å². The van der Waals surface area contributed by atoms with Crippen molar-refractivity contribution in [1.29, 1.82) is 0 Å². The average molecular weight is 151 g/mol. The van der Waals surface area contributed by atoms with E-state index in [1.807, 2.05) is 0 Å². The summed E-state index contributed by atoms with van der Waals surface area (Å²) >= 11 is 0. The molecule has 0 aromatic rings. The van der Waals surface area contributed by atoms with Crippen molar-refractivity contribution in [3.8, 4) is 0 Å². The quantitative estimate of drug-likeness (QED) is 0.609. The van der Waals surface area contributed by atoms with E-state index in [2.05, 4.69) is 17.5 Å². The number of rotatable bonds is 3. The lowest BCUT2D eigenvalue weighted by Crippen LogP contribution is -2.25. The number of hydrogen-bond acceptors (Lipinski definition) is 1. The van der Waals surface area contributed by atoms with Crippen molar-refractivity contribution in [3.63, 3.8) is 0 Å². The molecule has 1 heteroatoms. The molecule has 0 unspecified atom stereocenters. The van der Waals surface area contributed by atoms with Crippen LogP contribution in [0.5, 0.6) is 0 Å². The molecule has 2 aliphatic carbocycles. The highest BCUT2D eigenvalue weighted by Gasteiger charge is 2.21. The van der Waals surface area contributed by atoms with Crippen LogP contribution in [0.1, 0.15) is 32.1 Å². The Morgan fingerprint density at radius 3 is 2.73 bits per heavy atom. The van der Waals surface area contributed by atoms with Gasteiger partial charge in [0.15, 0.2) is 0 Å². The molecule has 62 valence electrons. The van der Waals surface area contributed by atoms with E-state index in [9.17, 15) is 0 Å². The van der Waals surface area contributed by atoms with Gasteiger partial charge in [-0.25, -0.2) is 0 Å². The van der Waals surface area contributed by atoms with Gasteiger partial charge in [0.25, 0.3) is 0 Å². The van der Waals surface area contributed by atoms with E-state index in [0.717, 1.165) is 12.0 Å². The van der Waals surface area contributed by atoms with Gasteiger partial charge in [0.05, 0.1) is 0 Å². The molecule has 0 radical (unpaired) electrons. The zero-order valence-electron chi connectivity index (χ0n) is 7.05. The Morgan fingerprint density at radius 2 is 2.09 bits per heavy atom. The Balaban J connectivity index is 1.64. The summed E-state index contributed by atoms with van der Waals surface area (Å²) in [5.74, 6) is 0.931. The Hall–Kier alpha value is -0.300. The van der Waals surface area contributed by atoms with Crippen molar-refractivity contribution in [3.05, 3.63) is 12.2 Å². The van der Waals surface area contributed by atoms with Gasteiger partial charge in [0.2, 0.25) is 0 Å². The first-order valence-electron chi connectivity index (χ1n) is 4.83. The van der Waals surface area contributed by atoms with Gasteiger partial charge in [0, 0.05) is 6.04 Å². The second-order valence-corrected chi connectivity index (χ2v) is 3.83. The molecule has 0 amide bonds. The topological polar surface area (TPSA) is 12.0 Å². The fraction of sp³-hybridized carbons (Fsp3) is 0.800. The van der Waals surface area contributed by atoms with Crippen molar-refractivity contribution in [2.24, 2.45) is 5.92 Å². The van der Waals surface area contributed by atoms with E-state index in [0.29, 0.717) is 0 Å². The minimum Gasteiger partial charge on any atom is -0.314 e. The lowest BCUT2D eigenvalue weighted by atomic mass is 9.94. The second-order valence-electron chi connectivity index (χ2n) is 3.83. The van der Waals surface area contributed by atoms with Crippen LogP contribution in [-0.4, -0.2) is 12.6 Å². The maximum absolute atomic E-state index is 3.59. The normalized spacial score (nSPS) is 30.7. The zero-order chi connectivity index (χ0) is 7.52. The molecule has 0 heterocycles. The van der Waals surface area contributed by atoms with Crippen LogP contribution in [0.25, 0.3) is 0 Å². The average Bonchev–Trinajstić information content (AvgIpc) is 2.86. The Bertz CT molecular complexity index is 147. The molecular weight excluding hydrogens is 134 g/mol. The van der Waals surface area contributed by atoms with E-state index in [1.165, 1.54) is 38.6 Å². The third-order valence-electron chi connectivity index (χ3n) is 2.65. The molecule has 1 nitrogen and oxygen atoms in total. The summed E-state index contributed by atoms with van der Waals surface area (Å²) < 4.78 is 0. The van der Waals surface area contributed by atoms with Gasteiger partial charge in [-0.2, -0.15) is 0 Å². The number of nitrogens with one attached hydrogen (secondary N) is 1. The van der Waals surface area contributed by atoms with Crippen LogP contribution >= 0.6 is 0 Å². The smallest absolute Gasteiger partial charge is 0.00683 e. The van der Waals surface area contributed by atoms with Crippen LogP contribution in [0.2, 0.25) is 0 Å². The van der Waals surface area contributed by atoms with Crippen LogP contribution < -0.4 is 5.32 Å². The minimum atomic E-state index is 0.890. The third kappa shape index (κ3) is 2.33. The van der Waals surface area contributed by atoms with E-state index in [-0.39, 0.29) is 0 Å². The highest BCUT2D eigenvalue weighted by atomic mass is 14.9. The highest BCUT2D eigenvalue weighted by Crippen LogP contribution is 2.21. The predicted octanol–water partition coefficient (Wildman–Crippen LogP) is 2.09. The largest absolute Gasteiger partial charge is 0.314 e. The maximum Gasteiger partial charge on any atom is 0.00683 e. The van der Waals surface area contributed by atoms with Gasteiger partial charge < -0.3 is 5.32 Å². The summed E-state index contributed by atoms with van der Waals surface area (Å²) in [6, 6.07) is 0.890. The van der Waals surface area contributed by atoms with Gasteiger partial charge in [-0.1, -0.05) is 12.2 Å². The molecule has 1 atom stereocenters. The molecule has 0 spiro atoms.